The van der Waals surface area contributed by atoms with Crippen molar-refractivity contribution in [2.24, 2.45) is 21.8 Å². The molecule has 206 valence electrons. The van der Waals surface area contributed by atoms with E-state index in [0.29, 0.717) is 24.2 Å². The molecule has 5 aliphatic rings. The smallest absolute Gasteiger partial charge is 0.229 e. The Bertz CT molecular complexity index is 937. The van der Waals surface area contributed by atoms with Crippen molar-refractivity contribution in [3.05, 3.63) is 0 Å². The van der Waals surface area contributed by atoms with Crippen LogP contribution >= 0.6 is 12.2 Å². The number of ether oxygens (including phenoxy) is 3. The van der Waals surface area contributed by atoms with E-state index in [1.165, 1.54) is 0 Å². The molecule has 5 rings (SSSR count). The van der Waals surface area contributed by atoms with Crippen LogP contribution in [0.4, 0.5) is 0 Å². The fourth-order valence-electron chi connectivity index (χ4n) is 6.05. The highest BCUT2D eigenvalue weighted by Gasteiger charge is 2.64. The molecule has 3 N–H and O–H groups in total. The summed E-state index contributed by atoms with van der Waals surface area (Å²) in [6.07, 6.45) is 3.77. The first-order valence-corrected chi connectivity index (χ1v) is 13.9. The average molecular weight is 538 g/mol. The fraction of sp³-hybridized carbons (Fsp3) is 0.840. The number of thiocarbonyl (C=S) groups is 1. The predicted octanol–water partition coefficient (Wildman–Crippen LogP) is 0.976. The molecular weight excluding hydrogens is 498 g/mol. The van der Waals surface area contributed by atoms with Crippen LogP contribution in [0.1, 0.15) is 59.3 Å². The third-order valence-corrected chi connectivity index (χ3v) is 8.61. The van der Waals surface area contributed by atoms with Crippen molar-refractivity contribution in [1.29, 1.82) is 0 Å². The zero-order chi connectivity index (χ0) is 26.3. The zero-order valence-corrected chi connectivity index (χ0v) is 22.6. The number of carbonyl (C=O) groups excluding carboxylic acids is 1. The second kappa shape index (κ2) is 10.8. The Morgan fingerprint density at radius 3 is 2.57 bits per heavy atom. The van der Waals surface area contributed by atoms with Crippen molar-refractivity contribution in [3.8, 4) is 0 Å². The molecular formula is C25H39N5O6S. The topological polar surface area (TPSA) is 128 Å². The van der Waals surface area contributed by atoms with Gasteiger partial charge in [-0.15, -0.1) is 0 Å². The van der Waals surface area contributed by atoms with Crippen LogP contribution in [0, 0.1) is 11.8 Å². The van der Waals surface area contributed by atoms with Crippen LogP contribution in [0.15, 0.2) is 9.98 Å². The molecule has 1 amide bonds. The number of aliphatic imine (C=N–C) groups is 2. The van der Waals surface area contributed by atoms with E-state index in [1.54, 1.807) is 6.34 Å². The van der Waals surface area contributed by atoms with E-state index < -0.39 is 30.1 Å². The maximum absolute atomic E-state index is 12.9. The van der Waals surface area contributed by atoms with Crippen LogP contribution < -0.4 is 5.32 Å². The summed E-state index contributed by atoms with van der Waals surface area (Å²) in [5.74, 6) is -0.404. The molecule has 0 aromatic heterocycles. The molecule has 11 nitrogen and oxygen atoms in total. The Balaban J connectivity index is 1.61. The predicted molar refractivity (Wildman–Crippen MR) is 140 cm³/mol. The quantitative estimate of drug-likeness (QED) is 0.440. The lowest BCUT2D eigenvalue weighted by Crippen LogP contribution is -2.74. The van der Waals surface area contributed by atoms with E-state index in [0.717, 1.165) is 38.5 Å². The number of hydrogen-bond donors (Lipinski definition) is 3. The number of guanidine groups is 1. The molecule has 0 saturated carbocycles. The van der Waals surface area contributed by atoms with Crippen molar-refractivity contribution >= 4 is 35.4 Å². The van der Waals surface area contributed by atoms with E-state index in [9.17, 15) is 15.0 Å². The minimum atomic E-state index is -1.02. The van der Waals surface area contributed by atoms with Crippen LogP contribution in [-0.4, -0.2) is 105 Å². The molecule has 0 bridgehead atoms. The molecule has 8 atom stereocenters. The molecule has 5 heterocycles. The number of rotatable bonds is 5. The first-order valence-electron chi connectivity index (χ1n) is 13.5. The van der Waals surface area contributed by atoms with Crippen LogP contribution in [0.2, 0.25) is 0 Å². The summed E-state index contributed by atoms with van der Waals surface area (Å²) < 4.78 is 18.7. The van der Waals surface area contributed by atoms with Gasteiger partial charge in [0.05, 0.1) is 25.2 Å². The first kappa shape index (κ1) is 26.9. The van der Waals surface area contributed by atoms with Gasteiger partial charge in [-0.25, -0.2) is 4.99 Å². The van der Waals surface area contributed by atoms with E-state index in [1.807, 2.05) is 30.6 Å². The SMILES string of the molecule is CC(C)C(=O)NC1=NC(=S)C2(C3CCCCO3)N=CN([C@@H]3O[C@H](CO)C(O)C3C)C2N1C1CCCCO1. The molecule has 5 aliphatic heterocycles. The van der Waals surface area contributed by atoms with Gasteiger partial charge >= 0.3 is 0 Å². The van der Waals surface area contributed by atoms with E-state index in [4.69, 9.17) is 36.4 Å². The van der Waals surface area contributed by atoms with E-state index >= 15 is 0 Å². The number of aliphatic hydroxyl groups is 2. The fourth-order valence-corrected chi connectivity index (χ4v) is 6.42. The normalized spacial score (nSPS) is 40.2. The second-order valence-corrected chi connectivity index (χ2v) is 11.3. The molecule has 6 unspecified atom stereocenters. The molecule has 0 spiro atoms. The van der Waals surface area contributed by atoms with Crippen LogP contribution in [0.5, 0.6) is 0 Å². The monoisotopic (exact) mass is 537 g/mol. The van der Waals surface area contributed by atoms with Gasteiger partial charge in [-0.05, 0) is 38.5 Å². The molecule has 0 aliphatic carbocycles. The van der Waals surface area contributed by atoms with Crippen LogP contribution in [0.25, 0.3) is 0 Å². The lowest BCUT2D eigenvalue weighted by molar-refractivity contribution is -0.146. The maximum atomic E-state index is 12.9. The Hall–Kier alpha value is -1.70. The number of nitrogens with zero attached hydrogens (tertiary/aromatic N) is 4. The minimum absolute atomic E-state index is 0.171. The molecule has 3 saturated heterocycles. The van der Waals surface area contributed by atoms with Crippen LogP contribution in [-0.2, 0) is 19.0 Å². The van der Waals surface area contributed by atoms with Gasteiger partial charge in [0, 0.05) is 25.0 Å². The van der Waals surface area contributed by atoms with Gasteiger partial charge in [-0.3, -0.25) is 20.0 Å². The maximum Gasteiger partial charge on any atom is 0.229 e. The van der Waals surface area contributed by atoms with E-state index in [-0.39, 0.29) is 36.7 Å². The molecule has 0 aromatic rings. The van der Waals surface area contributed by atoms with Crippen LogP contribution in [0.3, 0.4) is 0 Å². The Morgan fingerprint density at radius 2 is 1.97 bits per heavy atom. The van der Waals surface area contributed by atoms with Crippen molar-refractivity contribution in [2.45, 2.75) is 102 Å². The number of nitrogens with one attached hydrogen (secondary N) is 1. The van der Waals surface area contributed by atoms with Gasteiger partial charge in [0.15, 0.2) is 5.54 Å². The highest BCUT2D eigenvalue weighted by atomic mass is 32.1. The van der Waals surface area contributed by atoms with Crippen molar-refractivity contribution in [2.75, 3.05) is 19.8 Å². The van der Waals surface area contributed by atoms with Crippen molar-refractivity contribution < 1.29 is 29.2 Å². The van der Waals surface area contributed by atoms with Crippen molar-refractivity contribution in [3.63, 3.8) is 0 Å². The van der Waals surface area contributed by atoms with Gasteiger partial charge < -0.3 is 29.3 Å². The number of amides is 1. The Kier molecular flexibility index (Phi) is 7.86. The number of fused-ring (bicyclic) bond motifs is 1. The number of hydrogen-bond acceptors (Lipinski definition) is 10. The molecule has 0 radical (unpaired) electrons. The van der Waals surface area contributed by atoms with Gasteiger partial charge in [-0.2, -0.15) is 0 Å². The summed E-state index contributed by atoms with van der Waals surface area (Å²) in [5, 5.41) is 23.6. The lowest BCUT2D eigenvalue weighted by Gasteiger charge is -2.53. The summed E-state index contributed by atoms with van der Waals surface area (Å²) in [5.41, 5.74) is -1.02. The minimum Gasteiger partial charge on any atom is -0.394 e. The molecule has 12 heteroatoms. The summed E-state index contributed by atoms with van der Waals surface area (Å²) in [6.45, 7) is 6.47. The Labute approximate surface area is 223 Å². The average Bonchev–Trinajstić information content (AvgIpc) is 3.44. The standard InChI is InChI=1S/C25H39N5O6S/c1-14(2)20(33)27-24-28-22(37)25(17-8-4-6-10-34-17)23(30(24)18-9-5-7-11-35-18)29(13-26-25)21-15(3)19(32)16(12-31)36-21/h13-19,21,23,31-32H,4-12H2,1-3H3,(H,27,28,33,37)/t15?,16-,17?,18?,19?,21-,23?,25?/m1/s1. The lowest BCUT2D eigenvalue weighted by atomic mass is 9.82. The zero-order valence-electron chi connectivity index (χ0n) is 21.8. The number of carbonyl (C=O) groups is 1. The number of aliphatic hydroxyl groups excluding tert-OH is 2. The third-order valence-electron chi connectivity index (χ3n) is 8.19. The Morgan fingerprint density at radius 1 is 1.24 bits per heavy atom. The molecule has 37 heavy (non-hydrogen) atoms. The van der Waals surface area contributed by atoms with Gasteiger partial charge in [0.25, 0.3) is 0 Å². The summed E-state index contributed by atoms with van der Waals surface area (Å²) in [6, 6.07) is 0. The highest BCUT2D eigenvalue weighted by molar-refractivity contribution is 7.80. The summed E-state index contributed by atoms with van der Waals surface area (Å²) in [7, 11) is 0. The second-order valence-electron chi connectivity index (χ2n) is 11.0. The first-order chi connectivity index (χ1) is 17.8. The molecule has 0 aromatic carbocycles. The summed E-state index contributed by atoms with van der Waals surface area (Å²) in [4.78, 5) is 27.0. The highest BCUT2D eigenvalue weighted by Crippen LogP contribution is 2.45. The largest absolute Gasteiger partial charge is 0.394 e. The third kappa shape index (κ3) is 4.59. The van der Waals surface area contributed by atoms with Gasteiger partial charge in [-0.1, -0.05) is 33.0 Å². The van der Waals surface area contributed by atoms with Gasteiger partial charge in [0.2, 0.25) is 11.9 Å². The summed E-state index contributed by atoms with van der Waals surface area (Å²) >= 11 is 5.96. The van der Waals surface area contributed by atoms with Crippen molar-refractivity contribution in [1.82, 2.24) is 15.1 Å². The van der Waals surface area contributed by atoms with E-state index in [2.05, 4.69) is 5.32 Å². The van der Waals surface area contributed by atoms with Gasteiger partial charge in [0.1, 0.15) is 29.7 Å². The molecule has 3 fully saturated rings.